The fraction of sp³-hybridized carbons (Fsp3) is 0.667. The number of ether oxygens (including phenoxy) is 1. The summed E-state index contributed by atoms with van der Waals surface area (Å²) in [6.07, 6.45) is 3.21. The van der Waals surface area contributed by atoms with Crippen LogP contribution in [0.5, 0.6) is 5.75 Å². The van der Waals surface area contributed by atoms with Crippen LogP contribution in [-0.2, 0) is 6.42 Å². The van der Waals surface area contributed by atoms with Crippen molar-refractivity contribution < 1.29 is 9.84 Å². The van der Waals surface area contributed by atoms with Crippen LogP contribution in [0.1, 0.15) is 30.2 Å². The summed E-state index contributed by atoms with van der Waals surface area (Å²) < 4.78 is 5.42. The summed E-state index contributed by atoms with van der Waals surface area (Å²) >= 11 is 0. The standard InChI is InChI=1S/C15H24N2O2/c1-10-8-16-13(12(3)14(10)19-5)7-15(18)6-11(2)17(4)9-15/h8,11,18H,6-7,9H2,1-5H3. The average Bonchev–Trinajstić information content (AvgIpc) is 2.58. The largest absolute Gasteiger partial charge is 0.496 e. The van der Waals surface area contributed by atoms with Gasteiger partial charge >= 0.3 is 0 Å². The highest BCUT2D eigenvalue weighted by Gasteiger charge is 2.39. The van der Waals surface area contributed by atoms with Crippen molar-refractivity contribution in [2.45, 2.75) is 45.3 Å². The highest BCUT2D eigenvalue weighted by Crippen LogP contribution is 2.32. The van der Waals surface area contributed by atoms with E-state index in [1.807, 2.05) is 20.0 Å². The van der Waals surface area contributed by atoms with Crippen molar-refractivity contribution in [3.8, 4) is 5.75 Å². The predicted octanol–water partition coefficient (Wildman–Crippen LogP) is 1.70. The Morgan fingerprint density at radius 2 is 2.21 bits per heavy atom. The number of pyridine rings is 1. The van der Waals surface area contributed by atoms with Crippen molar-refractivity contribution in [1.29, 1.82) is 0 Å². The maximum absolute atomic E-state index is 10.7. The third kappa shape index (κ3) is 2.74. The second-order valence-electron chi connectivity index (χ2n) is 5.92. The Balaban J connectivity index is 2.25. The molecule has 0 spiro atoms. The van der Waals surface area contributed by atoms with Crippen LogP contribution in [-0.4, -0.2) is 47.3 Å². The van der Waals surface area contributed by atoms with Crippen molar-refractivity contribution >= 4 is 0 Å². The van der Waals surface area contributed by atoms with E-state index in [1.54, 1.807) is 7.11 Å². The zero-order valence-electron chi connectivity index (χ0n) is 12.5. The van der Waals surface area contributed by atoms with Crippen LogP contribution in [0.3, 0.4) is 0 Å². The van der Waals surface area contributed by atoms with Gasteiger partial charge in [0.15, 0.2) is 0 Å². The average molecular weight is 264 g/mol. The number of nitrogens with zero attached hydrogens (tertiary/aromatic N) is 2. The van der Waals surface area contributed by atoms with E-state index < -0.39 is 5.60 Å². The Bertz CT molecular complexity index is 463. The van der Waals surface area contributed by atoms with Gasteiger partial charge in [0.2, 0.25) is 0 Å². The minimum absolute atomic E-state index is 0.414. The second kappa shape index (κ2) is 5.10. The van der Waals surface area contributed by atoms with Crippen LogP contribution in [0, 0.1) is 13.8 Å². The van der Waals surface area contributed by atoms with Crippen LogP contribution in [0.4, 0.5) is 0 Å². The molecule has 2 atom stereocenters. The molecule has 1 N–H and O–H groups in total. The smallest absolute Gasteiger partial charge is 0.128 e. The first-order valence-electron chi connectivity index (χ1n) is 6.78. The van der Waals surface area contributed by atoms with Gasteiger partial charge < -0.3 is 14.7 Å². The quantitative estimate of drug-likeness (QED) is 0.902. The third-order valence-electron chi connectivity index (χ3n) is 4.22. The lowest BCUT2D eigenvalue weighted by Crippen LogP contribution is -2.35. The van der Waals surface area contributed by atoms with Crippen LogP contribution < -0.4 is 4.74 Å². The molecular formula is C15H24N2O2. The highest BCUT2D eigenvalue weighted by atomic mass is 16.5. The maximum Gasteiger partial charge on any atom is 0.128 e. The molecule has 1 aromatic rings. The number of methoxy groups -OCH3 is 1. The van der Waals surface area contributed by atoms with E-state index in [2.05, 4.69) is 23.9 Å². The molecule has 4 heteroatoms. The minimum atomic E-state index is -0.674. The van der Waals surface area contributed by atoms with E-state index in [4.69, 9.17) is 4.74 Å². The molecule has 0 aliphatic carbocycles. The van der Waals surface area contributed by atoms with E-state index in [-0.39, 0.29) is 0 Å². The number of likely N-dealkylation sites (N-methyl/N-ethyl adjacent to an activating group) is 1. The summed E-state index contributed by atoms with van der Waals surface area (Å²) in [6, 6.07) is 0.414. The van der Waals surface area contributed by atoms with Crippen molar-refractivity contribution in [2.24, 2.45) is 0 Å². The van der Waals surface area contributed by atoms with Gasteiger partial charge in [0, 0.05) is 42.0 Å². The molecule has 1 aliphatic heterocycles. The molecule has 0 saturated carbocycles. The van der Waals surface area contributed by atoms with Crippen LogP contribution in [0.15, 0.2) is 6.20 Å². The van der Waals surface area contributed by atoms with E-state index in [1.165, 1.54) is 0 Å². The third-order valence-corrected chi connectivity index (χ3v) is 4.22. The first-order valence-corrected chi connectivity index (χ1v) is 6.78. The van der Waals surface area contributed by atoms with Crippen molar-refractivity contribution in [3.05, 3.63) is 23.0 Å². The summed E-state index contributed by atoms with van der Waals surface area (Å²) in [6.45, 7) is 6.85. The topological polar surface area (TPSA) is 45.6 Å². The minimum Gasteiger partial charge on any atom is -0.496 e. The molecular weight excluding hydrogens is 240 g/mol. The Kier molecular flexibility index (Phi) is 3.83. The number of aryl methyl sites for hydroxylation is 1. The van der Waals surface area contributed by atoms with Crippen molar-refractivity contribution in [3.63, 3.8) is 0 Å². The number of rotatable bonds is 3. The number of aromatic nitrogens is 1. The van der Waals surface area contributed by atoms with Gasteiger partial charge in [-0.2, -0.15) is 0 Å². The molecule has 0 amide bonds. The van der Waals surface area contributed by atoms with Gasteiger partial charge in [-0.25, -0.2) is 0 Å². The van der Waals surface area contributed by atoms with Crippen LogP contribution >= 0.6 is 0 Å². The maximum atomic E-state index is 10.7. The Morgan fingerprint density at radius 1 is 1.53 bits per heavy atom. The summed E-state index contributed by atoms with van der Waals surface area (Å²) in [5, 5.41) is 10.7. The first-order chi connectivity index (χ1) is 8.86. The number of hydrogen-bond donors (Lipinski definition) is 1. The molecule has 106 valence electrons. The summed E-state index contributed by atoms with van der Waals surface area (Å²) in [4.78, 5) is 6.68. The molecule has 2 unspecified atom stereocenters. The number of β-amino-alcohol motifs (C(OH)–C–C–N with tert-alkyl or cyclic N) is 1. The van der Waals surface area contributed by atoms with Gasteiger partial charge in [-0.15, -0.1) is 0 Å². The molecule has 0 bridgehead atoms. The van der Waals surface area contributed by atoms with E-state index in [0.29, 0.717) is 19.0 Å². The Morgan fingerprint density at radius 3 is 2.74 bits per heavy atom. The van der Waals surface area contributed by atoms with Gasteiger partial charge in [-0.3, -0.25) is 4.98 Å². The fourth-order valence-corrected chi connectivity index (χ4v) is 3.08. The molecule has 1 aliphatic rings. The first kappa shape index (κ1) is 14.3. The van der Waals surface area contributed by atoms with Gasteiger partial charge in [0.1, 0.15) is 5.75 Å². The number of hydrogen-bond acceptors (Lipinski definition) is 4. The van der Waals surface area contributed by atoms with Crippen molar-refractivity contribution in [2.75, 3.05) is 20.7 Å². The van der Waals surface area contributed by atoms with Gasteiger partial charge in [0.25, 0.3) is 0 Å². The number of aliphatic hydroxyl groups is 1. The molecule has 1 aromatic heterocycles. The summed E-state index contributed by atoms with van der Waals surface area (Å²) in [5.41, 5.74) is 2.34. The van der Waals surface area contributed by atoms with Gasteiger partial charge in [-0.1, -0.05) is 0 Å². The zero-order valence-corrected chi connectivity index (χ0v) is 12.5. The van der Waals surface area contributed by atoms with Gasteiger partial charge in [-0.05, 0) is 34.2 Å². The highest BCUT2D eigenvalue weighted by molar-refractivity contribution is 5.41. The van der Waals surface area contributed by atoms with E-state index >= 15 is 0 Å². The fourth-order valence-electron chi connectivity index (χ4n) is 3.08. The summed E-state index contributed by atoms with van der Waals surface area (Å²) in [7, 11) is 3.73. The molecule has 4 nitrogen and oxygen atoms in total. The van der Waals surface area contributed by atoms with Crippen molar-refractivity contribution in [1.82, 2.24) is 9.88 Å². The molecule has 1 saturated heterocycles. The lowest BCUT2D eigenvalue weighted by atomic mass is 9.92. The zero-order chi connectivity index (χ0) is 14.2. The molecule has 1 fully saturated rings. The summed E-state index contributed by atoms with van der Waals surface area (Å²) in [5.74, 6) is 0.882. The second-order valence-corrected chi connectivity index (χ2v) is 5.92. The lowest BCUT2D eigenvalue weighted by molar-refractivity contribution is 0.0509. The number of likely N-dealkylation sites (tertiary alicyclic amines) is 1. The Labute approximate surface area is 115 Å². The molecule has 2 rings (SSSR count). The molecule has 2 heterocycles. The van der Waals surface area contributed by atoms with Gasteiger partial charge in [0.05, 0.1) is 12.7 Å². The lowest BCUT2D eigenvalue weighted by Gasteiger charge is -2.23. The SMILES string of the molecule is COc1c(C)cnc(CC2(O)CC(C)N(C)C2)c1C. The molecule has 0 radical (unpaired) electrons. The monoisotopic (exact) mass is 264 g/mol. The molecule has 0 aromatic carbocycles. The normalized spacial score (nSPS) is 27.8. The Hall–Kier alpha value is -1.13. The molecule has 19 heavy (non-hydrogen) atoms. The van der Waals surface area contributed by atoms with E-state index in [9.17, 15) is 5.11 Å². The van der Waals surface area contributed by atoms with Crippen LogP contribution in [0.25, 0.3) is 0 Å². The predicted molar refractivity (Wildman–Crippen MR) is 75.6 cm³/mol. The van der Waals surface area contributed by atoms with E-state index in [0.717, 1.165) is 29.0 Å². The van der Waals surface area contributed by atoms with Crippen LogP contribution in [0.2, 0.25) is 0 Å².